The molecule has 1 heterocycles. The van der Waals surface area contributed by atoms with Gasteiger partial charge in [-0.05, 0) is 24.3 Å². The van der Waals surface area contributed by atoms with Crippen molar-refractivity contribution in [1.82, 2.24) is 0 Å². The van der Waals surface area contributed by atoms with E-state index in [2.05, 4.69) is 0 Å². The summed E-state index contributed by atoms with van der Waals surface area (Å²) in [6.45, 7) is 3.18. The number of carbonyl (C=O) groups is 4. The minimum Gasteiger partial charge on any atom is -0.460 e. The number of ketones is 1. The van der Waals surface area contributed by atoms with Gasteiger partial charge in [0.15, 0.2) is 18.0 Å². The molecule has 190 valence electrons. The molecule has 3 rings (SSSR count). The molecule has 2 aromatic carbocycles. The molecule has 4 atom stereocenters. The zero-order valence-corrected chi connectivity index (χ0v) is 19.6. The molecule has 0 N–H and O–H groups in total. The molecule has 0 spiro atoms. The Balaban J connectivity index is 1.91. The van der Waals surface area contributed by atoms with E-state index in [0.717, 1.165) is 20.8 Å². The zero-order chi connectivity index (χ0) is 26.4. The van der Waals surface area contributed by atoms with Gasteiger partial charge in [-0.3, -0.25) is 29.3 Å². The summed E-state index contributed by atoms with van der Waals surface area (Å²) in [5.74, 6) is -2.57. The van der Waals surface area contributed by atoms with Gasteiger partial charge in [-0.15, -0.1) is 0 Å². The number of esters is 3. The first kappa shape index (κ1) is 26.3. The van der Waals surface area contributed by atoms with E-state index >= 15 is 0 Å². The molecular formula is C24H23NO11. The maximum Gasteiger partial charge on any atom is 0.303 e. The van der Waals surface area contributed by atoms with Crippen LogP contribution < -0.4 is 4.74 Å². The third-order valence-corrected chi connectivity index (χ3v) is 5.02. The van der Waals surface area contributed by atoms with E-state index in [1.807, 2.05) is 0 Å². The lowest BCUT2D eigenvalue weighted by molar-refractivity contribution is -0.384. The molecule has 2 aromatic rings. The highest BCUT2D eigenvalue weighted by Gasteiger charge is 2.48. The minimum absolute atomic E-state index is 0.0514. The van der Waals surface area contributed by atoms with Gasteiger partial charge in [0.1, 0.15) is 5.75 Å². The fourth-order valence-corrected chi connectivity index (χ4v) is 3.58. The second kappa shape index (κ2) is 11.4. The Morgan fingerprint density at radius 2 is 1.44 bits per heavy atom. The first-order chi connectivity index (χ1) is 17.1. The van der Waals surface area contributed by atoms with E-state index in [4.69, 9.17) is 23.7 Å². The maximum atomic E-state index is 13.1. The summed E-state index contributed by atoms with van der Waals surface area (Å²) in [6, 6.07) is 11.2. The Kier molecular flexibility index (Phi) is 8.33. The molecular weight excluding hydrogens is 478 g/mol. The summed E-state index contributed by atoms with van der Waals surface area (Å²) in [6.07, 6.45) is -5.00. The minimum atomic E-state index is -1.34. The fraction of sp³-hybridized carbons (Fsp3) is 0.333. The van der Waals surface area contributed by atoms with Gasteiger partial charge >= 0.3 is 17.9 Å². The predicted octanol–water partition coefficient (Wildman–Crippen LogP) is 2.36. The van der Waals surface area contributed by atoms with Gasteiger partial charge in [0.25, 0.3) is 5.69 Å². The number of benzene rings is 2. The number of nitro benzene ring substituents is 1. The first-order valence-corrected chi connectivity index (χ1v) is 10.7. The zero-order valence-electron chi connectivity index (χ0n) is 19.6. The number of hydrogen-bond acceptors (Lipinski definition) is 11. The van der Waals surface area contributed by atoms with E-state index in [1.54, 1.807) is 12.1 Å². The lowest BCUT2D eigenvalue weighted by Crippen LogP contribution is -2.59. The molecule has 0 amide bonds. The molecule has 0 bridgehead atoms. The van der Waals surface area contributed by atoms with Crippen LogP contribution in [0.15, 0.2) is 48.5 Å². The second-order valence-electron chi connectivity index (χ2n) is 7.74. The van der Waals surface area contributed by atoms with E-state index in [9.17, 15) is 29.3 Å². The second-order valence-corrected chi connectivity index (χ2v) is 7.74. The molecule has 1 aliphatic heterocycles. The summed E-state index contributed by atoms with van der Waals surface area (Å²) in [7, 11) is 0. The monoisotopic (exact) mass is 501 g/mol. The maximum absolute atomic E-state index is 13.1. The lowest BCUT2D eigenvalue weighted by atomic mass is 10.0. The molecule has 12 heteroatoms. The highest BCUT2D eigenvalue weighted by Crippen LogP contribution is 2.30. The molecule has 0 aliphatic carbocycles. The number of nitro groups is 1. The molecule has 0 unspecified atom stereocenters. The predicted molar refractivity (Wildman–Crippen MR) is 120 cm³/mol. The summed E-state index contributed by atoms with van der Waals surface area (Å²) < 4.78 is 27.3. The molecule has 36 heavy (non-hydrogen) atoms. The van der Waals surface area contributed by atoms with Crippen molar-refractivity contribution < 1.29 is 47.8 Å². The van der Waals surface area contributed by atoms with Gasteiger partial charge in [0.05, 0.1) is 17.1 Å². The van der Waals surface area contributed by atoms with E-state index in [1.165, 1.54) is 36.4 Å². The van der Waals surface area contributed by atoms with Crippen LogP contribution in [0.4, 0.5) is 5.69 Å². The Labute approximate surface area is 205 Å². The molecule has 1 aliphatic rings. The van der Waals surface area contributed by atoms with Crippen LogP contribution in [0, 0.1) is 10.1 Å². The van der Waals surface area contributed by atoms with Gasteiger partial charge in [0, 0.05) is 38.5 Å². The quantitative estimate of drug-likeness (QED) is 0.172. The SMILES string of the molecule is CC(=O)O[C@@H]1[C@@H](OC(C)=O)[C@H](Oc2ccccc2C(=O)c2ccc([N+](=O)[O-])cc2)OC[C@H]1OC(C)=O. The Morgan fingerprint density at radius 3 is 2.03 bits per heavy atom. The average molecular weight is 501 g/mol. The van der Waals surface area contributed by atoms with Crippen molar-refractivity contribution in [3.8, 4) is 5.75 Å². The number of ether oxygens (including phenoxy) is 5. The molecule has 1 fully saturated rings. The van der Waals surface area contributed by atoms with Crippen LogP contribution in [0.1, 0.15) is 36.7 Å². The van der Waals surface area contributed by atoms with Gasteiger partial charge < -0.3 is 23.7 Å². The van der Waals surface area contributed by atoms with Crippen molar-refractivity contribution in [2.45, 2.75) is 45.4 Å². The smallest absolute Gasteiger partial charge is 0.303 e. The third kappa shape index (κ3) is 6.42. The van der Waals surface area contributed by atoms with Crippen molar-refractivity contribution >= 4 is 29.4 Å². The summed E-state index contributed by atoms with van der Waals surface area (Å²) >= 11 is 0. The normalized spacial score (nSPS) is 21.1. The number of para-hydroxylation sites is 1. The third-order valence-electron chi connectivity index (χ3n) is 5.02. The largest absolute Gasteiger partial charge is 0.460 e. The van der Waals surface area contributed by atoms with Crippen LogP contribution in [0.25, 0.3) is 0 Å². The molecule has 1 saturated heterocycles. The van der Waals surface area contributed by atoms with Crippen LogP contribution in [0.5, 0.6) is 5.75 Å². The highest BCUT2D eigenvalue weighted by atomic mass is 16.7. The Hall–Kier alpha value is -4.32. The Bertz CT molecular complexity index is 1160. The van der Waals surface area contributed by atoms with Crippen molar-refractivity contribution in [3.63, 3.8) is 0 Å². The number of nitrogens with zero attached hydrogens (tertiary/aromatic N) is 1. The summed E-state index contributed by atoms with van der Waals surface area (Å²) in [4.78, 5) is 58.5. The van der Waals surface area contributed by atoms with Crippen molar-refractivity contribution in [1.29, 1.82) is 0 Å². The number of non-ortho nitro benzene ring substituents is 1. The van der Waals surface area contributed by atoms with Gasteiger partial charge in [0.2, 0.25) is 12.4 Å². The van der Waals surface area contributed by atoms with E-state index in [-0.39, 0.29) is 29.2 Å². The average Bonchev–Trinajstić information content (AvgIpc) is 2.81. The van der Waals surface area contributed by atoms with Crippen molar-refractivity contribution in [3.05, 3.63) is 69.8 Å². The topological polar surface area (TPSA) is 158 Å². The standard InChI is InChI=1S/C24H23NO11/c1-13(26)33-20-12-32-24(23(35-15(3)28)22(20)34-14(2)27)36-19-7-5-4-6-18(19)21(29)16-8-10-17(11-9-16)25(30)31/h4-11,20,22-24H,12H2,1-3H3/t20-,22+,23-,24+/m1/s1. The molecule has 0 aromatic heterocycles. The lowest BCUT2D eigenvalue weighted by Gasteiger charge is -2.40. The van der Waals surface area contributed by atoms with Crippen molar-refractivity contribution in [2.24, 2.45) is 0 Å². The fourth-order valence-electron chi connectivity index (χ4n) is 3.58. The molecule has 12 nitrogen and oxygen atoms in total. The van der Waals surface area contributed by atoms with Gasteiger partial charge in [-0.2, -0.15) is 0 Å². The van der Waals surface area contributed by atoms with E-state index < -0.39 is 53.2 Å². The highest BCUT2D eigenvalue weighted by molar-refractivity contribution is 6.10. The van der Waals surface area contributed by atoms with E-state index in [0.29, 0.717) is 0 Å². The summed E-state index contributed by atoms with van der Waals surface area (Å²) in [5, 5.41) is 10.9. The first-order valence-electron chi connectivity index (χ1n) is 10.7. The number of hydrogen-bond donors (Lipinski definition) is 0. The number of rotatable bonds is 8. The van der Waals surface area contributed by atoms with Gasteiger partial charge in [-0.1, -0.05) is 12.1 Å². The van der Waals surface area contributed by atoms with Crippen molar-refractivity contribution in [2.75, 3.05) is 6.61 Å². The number of carbonyl (C=O) groups excluding carboxylic acids is 4. The summed E-state index contributed by atoms with van der Waals surface area (Å²) in [5.41, 5.74) is 0.0999. The Morgan fingerprint density at radius 1 is 0.861 bits per heavy atom. The van der Waals surface area contributed by atoms with Gasteiger partial charge in [-0.25, -0.2) is 0 Å². The van der Waals surface area contributed by atoms with Crippen LogP contribution in [-0.2, 0) is 33.3 Å². The molecule has 0 saturated carbocycles. The van der Waals surface area contributed by atoms with Crippen LogP contribution >= 0.6 is 0 Å². The van der Waals surface area contributed by atoms with Crippen LogP contribution in [-0.4, -0.2) is 59.8 Å². The van der Waals surface area contributed by atoms with Crippen LogP contribution in [0.3, 0.4) is 0 Å². The molecule has 0 radical (unpaired) electrons. The van der Waals surface area contributed by atoms with Crippen LogP contribution in [0.2, 0.25) is 0 Å².